The molecule has 10 heteroatoms. The predicted octanol–water partition coefficient (Wildman–Crippen LogP) is 1.54. The lowest BCUT2D eigenvalue weighted by Gasteiger charge is -2.61. The second kappa shape index (κ2) is 9.89. The Morgan fingerprint density at radius 3 is 1.76 bits per heavy atom. The first-order valence-electron chi connectivity index (χ1n) is 16.3. The van der Waals surface area contributed by atoms with E-state index < -0.39 is 23.1 Å². The van der Waals surface area contributed by atoms with E-state index in [1.807, 2.05) is 0 Å². The maximum absolute atomic E-state index is 13.1. The Balaban J connectivity index is 0.000000140. The molecular formula is C32H46N6O4. The zero-order chi connectivity index (χ0) is 29.6. The number of nitrogens with zero attached hydrogens (tertiary/aromatic N) is 4. The summed E-state index contributed by atoms with van der Waals surface area (Å²) in [7, 11) is 0. The first-order chi connectivity index (χ1) is 20.1. The Labute approximate surface area is 248 Å². The summed E-state index contributed by atoms with van der Waals surface area (Å²) < 4.78 is 0. The number of fused-ring (bicyclic) bond motifs is 2. The molecule has 9 fully saturated rings. The molecule has 42 heavy (non-hydrogen) atoms. The fourth-order valence-corrected chi connectivity index (χ4v) is 10.9. The van der Waals surface area contributed by atoms with Crippen LogP contribution in [-0.2, 0) is 9.59 Å². The van der Waals surface area contributed by atoms with Gasteiger partial charge in [-0.3, -0.25) is 9.59 Å². The second-order valence-electron chi connectivity index (χ2n) is 15.6. The number of nitriles is 2. The van der Waals surface area contributed by atoms with Crippen molar-refractivity contribution in [2.24, 2.45) is 46.0 Å². The molecule has 0 aromatic rings. The van der Waals surface area contributed by atoms with Crippen molar-refractivity contribution in [1.29, 1.82) is 10.5 Å². The van der Waals surface area contributed by atoms with Gasteiger partial charge in [-0.1, -0.05) is 12.8 Å². The van der Waals surface area contributed by atoms with Gasteiger partial charge in [-0.25, -0.2) is 0 Å². The van der Waals surface area contributed by atoms with Crippen LogP contribution in [0.3, 0.4) is 0 Å². The number of piperidine rings is 2. The number of hydrogen-bond acceptors (Lipinski definition) is 8. The molecule has 0 aromatic carbocycles. The molecule has 2 amide bonds. The maximum atomic E-state index is 13.1. The van der Waals surface area contributed by atoms with Crippen LogP contribution in [0.4, 0.5) is 0 Å². The molecule has 2 aliphatic heterocycles. The lowest BCUT2D eigenvalue weighted by Crippen LogP contribution is -2.64. The van der Waals surface area contributed by atoms with Gasteiger partial charge in [0.15, 0.2) is 0 Å². The van der Waals surface area contributed by atoms with Gasteiger partial charge >= 0.3 is 0 Å². The highest BCUT2D eigenvalue weighted by Gasteiger charge is 2.63. The Morgan fingerprint density at radius 1 is 0.810 bits per heavy atom. The van der Waals surface area contributed by atoms with Crippen molar-refractivity contribution < 1.29 is 19.8 Å². The van der Waals surface area contributed by atoms with Crippen LogP contribution in [0.15, 0.2) is 0 Å². The molecule has 6 N–H and O–H groups in total. The molecule has 0 aromatic heterocycles. The van der Waals surface area contributed by atoms with Crippen LogP contribution in [0.5, 0.6) is 0 Å². The molecule has 10 nitrogen and oxygen atoms in total. The van der Waals surface area contributed by atoms with E-state index in [9.17, 15) is 25.1 Å². The van der Waals surface area contributed by atoms with Crippen molar-refractivity contribution in [1.82, 2.24) is 9.80 Å². The number of aliphatic hydroxyl groups is 2. The molecule has 9 aliphatic rings. The second-order valence-corrected chi connectivity index (χ2v) is 15.6. The van der Waals surface area contributed by atoms with Crippen molar-refractivity contribution in [3.8, 4) is 12.1 Å². The minimum Gasteiger partial charge on any atom is -0.396 e. The van der Waals surface area contributed by atoms with Gasteiger partial charge in [-0.15, -0.1) is 0 Å². The zero-order valence-electron chi connectivity index (χ0n) is 24.5. The van der Waals surface area contributed by atoms with E-state index in [0.29, 0.717) is 30.1 Å². The number of rotatable bonds is 5. The van der Waals surface area contributed by atoms with Gasteiger partial charge in [-0.2, -0.15) is 10.5 Å². The Hall–Kier alpha value is -2.24. The topological polar surface area (TPSA) is 181 Å². The van der Waals surface area contributed by atoms with Crippen LogP contribution < -0.4 is 11.5 Å². The van der Waals surface area contributed by atoms with Crippen LogP contribution >= 0.6 is 0 Å². The van der Waals surface area contributed by atoms with Crippen molar-refractivity contribution in [2.45, 2.75) is 132 Å². The van der Waals surface area contributed by atoms with Crippen molar-refractivity contribution >= 4 is 11.8 Å². The fraction of sp³-hybridized carbons (Fsp3) is 0.875. The van der Waals surface area contributed by atoms with E-state index in [2.05, 4.69) is 12.1 Å². The lowest BCUT2D eigenvalue weighted by atomic mass is 9.46. The summed E-state index contributed by atoms with van der Waals surface area (Å²) in [6.07, 6.45) is 13.0. The standard InChI is InChI=1S/C18H25N3O2.C14H21N3O2/c19-8-13-2-12-3-14(12)21(13)16(22)15(20)17-4-10-1-11(5-17)7-18(23,6-10)9-17;15-7-10-5-9-6-11(9)17(10)13(19)12(16)14(8-18)3-1-2-4-14/h10-15,23H,1-7,9,20H2;9-12,18H,1-6,8,16H2/t10?,11?,12-,13+,14?,15-,17?,18?;9-,10+,11?,12-/m11/s1. The highest BCUT2D eigenvalue weighted by atomic mass is 16.3. The lowest BCUT2D eigenvalue weighted by molar-refractivity contribution is -0.177. The number of aliphatic hydroxyl groups excluding tert-OH is 1. The minimum atomic E-state index is -0.657. The molecule has 4 bridgehead atoms. The molecule has 7 saturated carbocycles. The van der Waals surface area contributed by atoms with Crippen LogP contribution in [-0.4, -0.2) is 80.3 Å². The normalized spacial score (nSPS) is 46.0. The number of likely N-dealkylation sites (tertiary alicyclic amines) is 2. The van der Waals surface area contributed by atoms with Gasteiger partial charge in [0.25, 0.3) is 0 Å². The Bertz CT molecular complexity index is 1210. The van der Waals surface area contributed by atoms with Crippen LogP contribution in [0.2, 0.25) is 0 Å². The summed E-state index contributed by atoms with van der Waals surface area (Å²) >= 11 is 0. The SMILES string of the molecule is N#C[C@@H]1C[C@@H]2CC2N1C(=O)[C@@H](N)C1(CO)CCCC1.N#C[C@@H]1C[C@@H]2CC2N1C(=O)[C@@H](N)C12CC3CC(CC(O)(C3)C1)C2. The number of carbonyl (C=O) groups excluding carboxylic acids is 2. The van der Waals surface area contributed by atoms with Gasteiger partial charge in [0, 0.05) is 17.5 Å². The van der Waals surface area contributed by atoms with Crippen LogP contribution in [0.25, 0.3) is 0 Å². The van der Waals surface area contributed by atoms with E-state index in [1.54, 1.807) is 9.80 Å². The van der Waals surface area contributed by atoms with E-state index in [4.69, 9.17) is 16.7 Å². The summed E-state index contributed by atoms with van der Waals surface area (Å²) in [6, 6.07) is 3.21. The van der Waals surface area contributed by atoms with E-state index in [-0.39, 0.29) is 48.0 Å². The third-order valence-electron chi connectivity index (χ3n) is 12.9. The third kappa shape index (κ3) is 4.39. The average Bonchev–Trinajstić information content (AvgIpc) is 3.73. The van der Waals surface area contributed by atoms with Crippen molar-refractivity contribution in [3.63, 3.8) is 0 Å². The van der Waals surface area contributed by atoms with Gasteiger partial charge < -0.3 is 31.5 Å². The largest absolute Gasteiger partial charge is 0.396 e. The molecule has 2 saturated heterocycles. The van der Waals surface area contributed by atoms with Gasteiger partial charge in [0.2, 0.25) is 11.8 Å². The first-order valence-corrected chi connectivity index (χ1v) is 16.3. The quantitative estimate of drug-likeness (QED) is 0.379. The predicted molar refractivity (Wildman–Crippen MR) is 152 cm³/mol. The number of carbonyl (C=O) groups is 2. The molecule has 0 spiro atoms. The number of nitrogens with two attached hydrogens (primary N) is 2. The van der Waals surface area contributed by atoms with Crippen LogP contribution in [0.1, 0.15) is 89.9 Å². The number of amides is 2. The third-order valence-corrected chi connectivity index (χ3v) is 12.9. The smallest absolute Gasteiger partial charge is 0.241 e. The molecule has 7 aliphatic carbocycles. The monoisotopic (exact) mass is 578 g/mol. The maximum Gasteiger partial charge on any atom is 0.241 e. The Kier molecular flexibility index (Phi) is 6.72. The summed E-state index contributed by atoms with van der Waals surface area (Å²) in [4.78, 5) is 29.3. The fourth-order valence-electron chi connectivity index (χ4n) is 10.9. The number of hydrogen-bond donors (Lipinski definition) is 4. The minimum absolute atomic E-state index is 0.0212. The van der Waals surface area contributed by atoms with Crippen molar-refractivity contribution in [3.05, 3.63) is 0 Å². The van der Waals surface area contributed by atoms with E-state index in [1.165, 1.54) is 6.42 Å². The zero-order valence-corrected chi connectivity index (χ0v) is 24.5. The van der Waals surface area contributed by atoms with E-state index in [0.717, 1.165) is 77.0 Å². The Morgan fingerprint density at radius 2 is 1.31 bits per heavy atom. The summed E-state index contributed by atoms with van der Waals surface area (Å²) in [5, 5.41) is 39.1. The molecule has 0 radical (unpaired) electrons. The van der Waals surface area contributed by atoms with Gasteiger partial charge in [0.05, 0.1) is 36.4 Å². The first kappa shape index (κ1) is 28.5. The van der Waals surface area contributed by atoms with Gasteiger partial charge in [-0.05, 0) is 106 Å². The molecule has 10 atom stereocenters. The van der Waals surface area contributed by atoms with E-state index >= 15 is 0 Å². The molecule has 2 heterocycles. The molecule has 4 unspecified atom stereocenters. The van der Waals surface area contributed by atoms with Crippen LogP contribution in [0, 0.1) is 57.2 Å². The molecule has 228 valence electrons. The van der Waals surface area contributed by atoms with Crippen molar-refractivity contribution in [2.75, 3.05) is 6.61 Å². The molecular weight excluding hydrogens is 532 g/mol. The molecule has 9 rings (SSSR count). The summed E-state index contributed by atoms with van der Waals surface area (Å²) in [6.45, 7) is -0.0287. The summed E-state index contributed by atoms with van der Waals surface area (Å²) in [5.41, 5.74) is 11.4. The average molecular weight is 579 g/mol. The highest BCUT2D eigenvalue weighted by Crippen LogP contribution is 2.63. The summed E-state index contributed by atoms with van der Waals surface area (Å²) in [5.74, 6) is 1.95. The van der Waals surface area contributed by atoms with Gasteiger partial charge in [0.1, 0.15) is 12.1 Å². The highest BCUT2D eigenvalue weighted by molar-refractivity contribution is 5.85.